The van der Waals surface area contributed by atoms with Crippen LogP contribution in [0.4, 0.5) is 0 Å². The number of hydrogen-bond acceptors (Lipinski definition) is 2. The summed E-state index contributed by atoms with van der Waals surface area (Å²) < 4.78 is 0. The predicted octanol–water partition coefficient (Wildman–Crippen LogP) is 3.42. The monoisotopic (exact) mass is 211 g/mol. The van der Waals surface area contributed by atoms with Crippen molar-refractivity contribution in [1.29, 1.82) is 0 Å². The molecular weight excluding hydrogens is 190 g/mol. The van der Waals surface area contributed by atoms with Crippen molar-refractivity contribution in [3.8, 4) is 0 Å². The van der Waals surface area contributed by atoms with E-state index in [1.807, 2.05) is 11.3 Å². The van der Waals surface area contributed by atoms with E-state index >= 15 is 0 Å². The molecule has 80 valence electrons. The van der Waals surface area contributed by atoms with E-state index in [1.54, 1.807) is 5.56 Å². The lowest BCUT2D eigenvalue weighted by Gasteiger charge is -2.19. The Morgan fingerprint density at radius 2 is 2.00 bits per heavy atom. The van der Waals surface area contributed by atoms with E-state index < -0.39 is 0 Å². The molecule has 0 fully saturated rings. The van der Waals surface area contributed by atoms with Crippen molar-refractivity contribution in [2.24, 2.45) is 0 Å². The van der Waals surface area contributed by atoms with Crippen LogP contribution in [0.25, 0.3) is 0 Å². The Morgan fingerprint density at radius 3 is 2.36 bits per heavy atom. The van der Waals surface area contributed by atoms with Crippen molar-refractivity contribution in [3.05, 3.63) is 21.4 Å². The maximum Gasteiger partial charge on any atom is 0.00463 e. The number of hydrogen-bond donors (Lipinski definition) is 0. The van der Waals surface area contributed by atoms with Crippen LogP contribution < -0.4 is 0 Å². The smallest absolute Gasteiger partial charge is 0.00463 e. The van der Waals surface area contributed by atoms with E-state index in [2.05, 4.69) is 45.1 Å². The SMILES string of the molecule is CC[C@@H](CN(C)C)c1csc(C)c1C. The Kier molecular flexibility index (Phi) is 4.14. The van der Waals surface area contributed by atoms with Gasteiger partial charge in [0.05, 0.1) is 0 Å². The zero-order valence-electron chi connectivity index (χ0n) is 9.92. The molecule has 1 aromatic rings. The molecule has 0 spiro atoms. The van der Waals surface area contributed by atoms with Gasteiger partial charge in [-0.3, -0.25) is 0 Å². The molecule has 1 nitrogen and oxygen atoms in total. The first-order valence-electron chi connectivity index (χ1n) is 5.25. The number of aryl methyl sites for hydroxylation is 1. The maximum absolute atomic E-state index is 2.34. The van der Waals surface area contributed by atoms with Crippen LogP contribution in [-0.2, 0) is 0 Å². The fraction of sp³-hybridized carbons (Fsp3) is 0.667. The maximum atomic E-state index is 2.34. The van der Waals surface area contributed by atoms with Crippen LogP contribution in [0.15, 0.2) is 5.38 Å². The third-order valence-electron chi connectivity index (χ3n) is 2.84. The Balaban J connectivity index is 2.84. The first-order valence-corrected chi connectivity index (χ1v) is 6.13. The lowest BCUT2D eigenvalue weighted by Crippen LogP contribution is -2.20. The van der Waals surface area contributed by atoms with Gasteiger partial charge >= 0.3 is 0 Å². The molecule has 0 saturated heterocycles. The average molecular weight is 211 g/mol. The molecule has 1 aromatic heterocycles. The van der Waals surface area contributed by atoms with Gasteiger partial charge in [-0.05, 0) is 56.8 Å². The molecule has 0 N–H and O–H groups in total. The third-order valence-corrected chi connectivity index (χ3v) is 3.87. The normalized spacial score (nSPS) is 13.6. The Hall–Kier alpha value is -0.340. The highest BCUT2D eigenvalue weighted by Crippen LogP contribution is 2.29. The predicted molar refractivity (Wildman–Crippen MR) is 65.4 cm³/mol. The molecule has 1 heterocycles. The average Bonchev–Trinajstić information content (AvgIpc) is 2.44. The largest absolute Gasteiger partial charge is 0.309 e. The fourth-order valence-corrected chi connectivity index (χ4v) is 2.79. The first kappa shape index (κ1) is 11.7. The second kappa shape index (κ2) is 4.94. The number of likely N-dealkylation sites (N-methyl/N-ethyl adjacent to an activating group) is 1. The second-order valence-electron chi connectivity index (χ2n) is 4.24. The Labute approximate surface area is 91.8 Å². The lowest BCUT2D eigenvalue weighted by atomic mass is 9.95. The molecule has 0 radical (unpaired) electrons. The summed E-state index contributed by atoms with van der Waals surface area (Å²) in [6.07, 6.45) is 1.23. The molecule has 0 saturated carbocycles. The number of nitrogens with zero attached hydrogens (tertiary/aromatic N) is 1. The van der Waals surface area contributed by atoms with Crippen LogP contribution in [0.1, 0.15) is 35.3 Å². The van der Waals surface area contributed by atoms with Gasteiger partial charge in [0.1, 0.15) is 0 Å². The van der Waals surface area contributed by atoms with Gasteiger partial charge in [-0.2, -0.15) is 0 Å². The van der Waals surface area contributed by atoms with Crippen LogP contribution in [0.3, 0.4) is 0 Å². The molecule has 0 unspecified atom stereocenters. The fourth-order valence-electron chi connectivity index (χ4n) is 1.82. The third kappa shape index (κ3) is 2.58. The van der Waals surface area contributed by atoms with Crippen LogP contribution in [0.5, 0.6) is 0 Å². The second-order valence-corrected chi connectivity index (χ2v) is 5.32. The van der Waals surface area contributed by atoms with Gasteiger partial charge in [0.15, 0.2) is 0 Å². The van der Waals surface area contributed by atoms with E-state index in [9.17, 15) is 0 Å². The van der Waals surface area contributed by atoms with Gasteiger partial charge in [-0.25, -0.2) is 0 Å². The number of thiophene rings is 1. The van der Waals surface area contributed by atoms with Gasteiger partial charge < -0.3 is 4.90 Å². The van der Waals surface area contributed by atoms with Crippen molar-refractivity contribution in [2.75, 3.05) is 20.6 Å². The standard InChI is InChI=1S/C12H21NS/c1-6-11(7-13(4)5)12-8-14-10(3)9(12)2/h8,11H,6-7H2,1-5H3/t11-/m0/s1. The van der Waals surface area contributed by atoms with Gasteiger partial charge in [0, 0.05) is 11.4 Å². The van der Waals surface area contributed by atoms with E-state index in [0.29, 0.717) is 5.92 Å². The highest BCUT2D eigenvalue weighted by molar-refractivity contribution is 7.10. The molecule has 1 atom stereocenters. The zero-order chi connectivity index (χ0) is 10.7. The van der Waals surface area contributed by atoms with Gasteiger partial charge in [-0.15, -0.1) is 11.3 Å². The highest BCUT2D eigenvalue weighted by Gasteiger charge is 2.14. The molecule has 0 aliphatic rings. The van der Waals surface area contributed by atoms with Crippen LogP contribution in [0, 0.1) is 13.8 Å². The zero-order valence-corrected chi connectivity index (χ0v) is 10.7. The van der Waals surface area contributed by atoms with Gasteiger partial charge in [0.2, 0.25) is 0 Å². The molecule has 0 aromatic carbocycles. The van der Waals surface area contributed by atoms with Crippen molar-refractivity contribution in [1.82, 2.24) is 4.90 Å². The topological polar surface area (TPSA) is 3.24 Å². The number of rotatable bonds is 4. The van der Waals surface area contributed by atoms with Gasteiger partial charge in [-0.1, -0.05) is 6.92 Å². The summed E-state index contributed by atoms with van der Waals surface area (Å²) in [6.45, 7) is 7.90. The van der Waals surface area contributed by atoms with Crippen molar-refractivity contribution >= 4 is 11.3 Å². The van der Waals surface area contributed by atoms with Gasteiger partial charge in [0.25, 0.3) is 0 Å². The minimum Gasteiger partial charge on any atom is -0.309 e. The minimum absolute atomic E-state index is 0.704. The Morgan fingerprint density at radius 1 is 1.36 bits per heavy atom. The summed E-state index contributed by atoms with van der Waals surface area (Å²) in [6, 6.07) is 0. The van der Waals surface area contributed by atoms with E-state index in [4.69, 9.17) is 0 Å². The molecule has 2 heteroatoms. The van der Waals surface area contributed by atoms with Crippen molar-refractivity contribution < 1.29 is 0 Å². The summed E-state index contributed by atoms with van der Waals surface area (Å²) in [4.78, 5) is 3.75. The summed E-state index contributed by atoms with van der Waals surface area (Å²) in [5.41, 5.74) is 3.06. The molecule has 0 aliphatic heterocycles. The lowest BCUT2D eigenvalue weighted by molar-refractivity contribution is 0.368. The van der Waals surface area contributed by atoms with Crippen LogP contribution in [-0.4, -0.2) is 25.5 Å². The van der Waals surface area contributed by atoms with E-state index in [-0.39, 0.29) is 0 Å². The highest BCUT2D eigenvalue weighted by atomic mass is 32.1. The molecule has 0 amide bonds. The van der Waals surface area contributed by atoms with E-state index in [1.165, 1.54) is 16.9 Å². The quantitative estimate of drug-likeness (QED) is 0.737. The first-order chi connectivity index (χ1) is 6.56. The summed E-state index contributed by atoms with van der Waals surface area (Å²) in [5, 5.41) is 2.34. The summed E-state index contributed by atoms with van der Waals surface area (Å²) in [5.74, 6) is 0.704. The minimum atomic E-state index is 0.704. The van der Waals surface area contributed by atoms with Crippen molar-refractivity contribution in [3.63, 3.8) is 0 Å². The van der Waals surface area contributed by atoms with Crippen LogP contribution >= 0.6 is 11.3 Å². The summed E-state index contributed by atoms with van der Waals surface area (Å²) in [7, 11) is 4.30. The molecule has 14 heavy (non-hydrogen) atoms. The molecule has 0 aliphatic carbocycles. The Bertz CT molecular complexity index is 289. The van der Waals surface area contributed by atoms with Crippen LogP contribution in [0.2, 0.25) is 0 Å². The summed E-state index contributed by atoms with van der Waals surface area (Å²) >= 11 is 1.88. The molecule has 1 rings (SSSR count). The molecule has 0 bridgehead atoms. The van der Waals surface area contributed by atoms with E-state index in [0.717, 1.165) is 6.54 Å². The molecular formula is C12H21NS. The van der Waals surface area contributed by atoms with Crippen molar-refractivity contribution in [2.45, 2.75) is 33.1 Å².